The molecule has 5 heteroatoms. The molecule has 0 aliphatic heterocycles. The number of carbonyl (C=O) groups excluding carboxylic acids is 2. The largest absolute Gasteiger partial charge is 0.504 e. The molecule has 0 bridgehead atoms. The Morgan fingerprint density at radius 2 is 2.19 bits per heavy atom. The molecule has 2 N–H and O–H groups in total. The summed E-state index contributed by atoms with van der Waals surface area (Å²) in [5, 5.41) is 12.2. The zero-order valence-electron chi connectivity index (χ0n) is 9.33. The second-order valence-corrected chi connectivity index (χ2v) is 3.32. The summed E-state index contributed by atoms with van der Waals surface area (Å²) in [4.78, 5) is 21.7. The molecule has 0 fully saturated rings. The van der Waals surface area contributed by atoms with E-state index in [-0.39, 0.29) is 23.0 Å². The maximum absolute atomic E-state index is 10.9. The third kappa shape index (κ3) is 2.13. The van der Waals surface area contributed by atoms with E-state index in [1.54, 1.807) is 6.92 Å². The number of aromatic hydroxyl groups is 1. The van der Waals surface area contributed by atoms with Crippen molar-refractivity contribution in [1.29, 1.82) is 0 Å². The monoisotopic (exact) mass is 223 g/mol. The van der Waals surface area contributed by atoms with Crippen LogP contribution >= 0.6 is 0 Å². The van der Waals surface area contributed by atoms with Gasteiger partial charge in [0, 0.05) is 18.2 Å². The Balaban J connectivity index is 3.39. The Morgan fingerprint density at radius 1 is 1.56 bits per heavy atom. The first-order valence-electron chi connectivity index (χ1n) is 4.64. The molecule has 0 aromatic heterocycles. The molecule has 1 aromatic rings. The van der Waals surface area contributed by atoms with E-state index in [2.05, 4.69) is 5.32 Å². The lowest BCUT2D eigenvalue weighted by Crippen LogP contribution is -2.08. The molecule has 0 atom stereocenters. The van der Waals surface area contributed by atoms with Gasteiger partial charge in [-0.2, -0.15) is 0 Å². The van der Waals surface area contributed by atoms with Gasteiger partial charge in [0.25, 0.3) is 0 Å². The molecule has 0 spiro atoms. The Bertz CT molecular complexity index is 440. The van der Waals surface area contributed by atoms with Crippen molar-refractivity contribution in [2.24, 2.45) is 0 Å². The molecule has 0 saturated heterocycles. The van der Waals surface area contributed by atoms with Gasteiger partial charge in [-0.25, -0.2) is 0 Å². The standard InChI is InChI=1S/C11H13NO4/c1-6-9(12-7(2)14)4-8(5-13)10(15)11(6)16-3/h4-5,15H,1-3H3,(H,12,14). The summed E-state index contributed by atoms with van der Waals surface area (Å²) in [6.07, 6.45) is 0.503. The maximum Gasteiger partial charge on any atom is 0.221 e. The second-order valence-electron chi connectivity index (χ2n) is 3.32. The van der Waals surface area contributed by atoms with E-state index in [0.717, 1.165) is 0 Å². The van der Waals surface area contributed by atoms with Crippen LogP contribution < -0.4 is 10.1 Å². The van der Waals surface area contributed by atoms with Crippen molar-refractivity contribution in [3.63, 3.8) is 0 Å². The number of anilines is 1. The first-order valence-corrected chi connectivity index (χ1v) is 4.64. The highest BCUT2D eigenvalue weighted by Gasteiger charge is 2.15. The first-order chi connectivity index (χ1) is 7.51. The molecule has 1 amide bonds. The molecule has 86 valence electrons. The molecule has 1 aromatic carbocycles. The Labute approximate surface area is 93.0 Å². The maximum atomic E-state index is 10.9. The average molecular weight is 223 g/mol. The minimum atomic E-state index is -0.257. The van der Waals surface area contributed by atoms with Gasteiger partial charge in [-0.15, -0.1) is 0 Å². The number of carbonyl (C=O) groups is 2. The van der Waals surface area contributed by atoms with Crippen LogP contribution in [0.1, 0.15) is 22.8 Å². The van der Waals surface area contributed by atoms with Crippen molar-refractivity contribution in [1.82, 2.24) is 0 Å². The highest BCUT2D eigenvalue weighted by atomic mass is 16.5. The van der Waals surface area contributed by atoms with Gasteiger partial charge >= 0.3 is 0 Å². The van der Waals surface area contributed by atoms with E-state index in [1.165, 1.54) is 20.1 Å². The first kappa shape index (κ1) is 12.0. The zero-order valence-corrected chi connectivity index (χ0v) is 9.33. The Morgan fingerprint density at radius 3 is 2.62 bits per heavy atom. The van der Waals surface area contributed by atoms with Crippen LogP contribution in [0.3, 0.4) is 0 Å². The van der Waals surface area contributed by atoms with Crippen molar-refractivity contribution in [2.45, 2.75) is 13.8 Å². The van der Waals surface area contributed by atoms with E-state index in [9.17, 15) is 14.7 Å². The number of phenolic OH excluding ortho intramolecular Hbond substituents is 1. The van der Waals surface area contributed by atoms with Crippen LogP contribution in [0.15, 0.2) is 6.07 Å². The smallest absolute Gasteiger partial charge is 0.221 e. The summed E-state index contributed by atoms with van der Waals surface area (Å²) in [6.45, 7) is 3.04. The number of ether oxygens (including phenoxy) is 1. The van der Waals surface area contributed by atoms with E-state index in [4.69, 9.17) is 4.74 Å². The molecule has 0 aliphatic rings. The van der Waals surface area contributed by atoms with Gasteiger partial charge < -0.3 is 15.2 Å². The molecule has 0 unspecified atom stereocenters. The van der Waals surface area contributed by atoms with Gasteiger partial charge in [0.05, 0.1) is 12.7 Å². The van der Waals surface area contributed by atoms with E-state index in [1.807, 2.05) is 0 Å². The van der Waals surface area contributed by atoms with Crippen molar-refractivity contribution in [3.05, 3.63) is 17.2 Å². The number of methoxy groups -OCH3 is 1. The molecule has 0 heterocycles. The summed E-state index contributed by atoms with van der Waals surface area (Å²) in [7, 11) is 1.38. The average Bonchev–Trinajstić information content (AvgIpc) is 2.22. The van der Waals surface area contributed by atoms with Crippen LogP contribution in [-0.4, -0.2) is 24.4 Å². The summed E-state index contributed by atoms with van der Waals surface area (Å²) in [5.74, 6) is -0.287. The predicted molar refractivity (Wildman–Crippen MR) is 59.1 cm³/mol. The van der Waals surface area contributed by atoms with Gasteiger partial charge in [-0.05, 0) is 13.0 Å². The SMILES string of the molecule is COc1c(C)c(NC(C)=O)cc(C=O)c1O. The van der Waals surface area contributed by atoms with Crippen LogP contribution in [0, 0.1) is 6.92 Å². The molecule has 16 heavy (non-hydrogen) atoms. The number of nitrogens with one attached hydrogen (secondary N) is 1. The Hall–Kier alpha value is -2.04. The van der Waals surface area contributed by atoms with Crippen molar-refractivity contribution < 1.29 is 19.4 Å². The summed E-state index contributed by atoms with van der Waals surface area (Å²) in [5.41, 5.74) is 1.09. The lowest BCUT2D eigenvalue weighted by atomic mass is 10.1. The molecule has 0 radical (unpaired) electrons. The molecule has 0 aliphatic carbocycles. The van der Waals surface area contributed by atoms with Gasteiger partial charge in [-0.1, -0.05) is 0 Å². The number of phenols is 1. The molecule has 1 rings (SSSR count). The topological polar surface area (TPSA) is 75.6 Å². The van der Waals surface area contributed by atoms with E-state index >= 15 is 0 Å². The lowest BCUT2D eigenvalue weighted by molar-refractivity contribution is -0.114. The normalized spacial score (nSPS) is 9.69. The lowest BCUT2D eigenvalue weighted by Gasteiger charge is -2.13. The van der Waals surface area contributed by atoms with Crippen molar-refractivity contribution in [3.8, 4) is 11.5 Å². The van der Waals surface area contributed by atoms with E-state index < -0.39 is 0 Å². The minimum absolute atomic E-state index is 0.0752. The summed E-state index contributed by atoms with van der Waals surface area (Å²) < 4.78 is 4.98. The highest BCUT2D eigenvalue weighted by molar-refractivity contribution is 5.93. The number of amides is 1. The third-order valence-corrected chi connectivity index (χ3v) is 2.17. The number of rotatable bonds is 3. The summed E-state index contributed by atoms with van der Waals surface area (Å²) in [6, 6.07) is 1.40. The zero-order chi connectivity index (χ0) is 12.3. The van der Waals surface area contributed by atoms with Crippen molar-refractivity contribution in [2.75, 3.05) is 12.4 Å². The minimum Gasteiger partial charge on any atom is -0.504 e. The summed E-state index contributed by atoms with van der Waals surface area (Å²) >= 11 is 0. The quantitative estimate of drug-likeness (QED) is 0.601. The molecule has 0 saturated carbocycles. The van der Waals surface area contributed by atoms with Crippen LogP contribution in [0.25, 0.3) is 0 Å². The fourth-order valence-corrected chi connectivity index (χ4v) is 1.42. The van der Waals surface area contributed by atoms with Crippen molar-refractivity contribution >= 4 is 17.9 Å². The fraction of sp³-hybridized carbons (Fsp3) is 0.273. The van der Waals surface area contributed by atoms with Crippen LogP contribution in [0.4, 0.5) is 5.69 Å². The van der Waals surface area contributed by atoms with Gasteiger partial charge in [0.1, 0.15) is 0 Å². The second kappa shape index (κ2) is 4.65. The Kier molecular flexibility index (Phi) is 3.50. The number of aldehydes is 1. The predicted octanol–water partition coefficient (Wildman–Crippen LogP) is 1.48. The molecular weight excluding hydrogens is 210 g/mol. The van der Waals surface area contributed by atoms with Crippen LogP contribution in [0.5, 0.6) is 11.5 Å². The van der Waals surface area contributed by atoms with E-state index in [0.29, 0.717) is 17.5 Å². The number of benzene rings is 1. The molecule has 5 nitrogen and oxygen atoms in total. The fourth-order valence-electron chi connectivity index (χ4n) is 1.42. The van der Waals surface area contributed by atoms with Gasteiger partial charge in [0.15, 0.2) is 17.8 Å². The van der Waals surface area contributed by atoms with Gasteiger partial charge in [-0.3, -0.25) is 9.59 Å². The van der Waals surface area contributed by atoms with Crippen LogP contribution in [-0.2, 0) is 4.79 Å². The number of hydrogen-bond donors (Lipinski definition) is 2. The number of hydrogen-bond acceptors (Lipinski definition) is 4. The third-order valence-electron chi connectivity index (χ3n) is 2.17. The van der Waals surface area contributed by atoms with Gasteiger partial charge in [0.2, 0.25) is 5.91 Å². The van der Waals surface area contributed by atoms with Crippen LogP contribution in [0.2, 0.25) is 0 Å². The molecular formula is C11H13NO4. The highest BCUT2D eigenvalue weighted by Crippen LogP contribution is 2.37.